The summed E-state index contributed by atoms with van der Waals surface area (Å²) in [5.74, 6) is 1.19. The number of nitrogens with two attached hydrogens (primary N) is 1. The van der Waals surface area contributed by atoms with E-state index in [1.165, 1.54) is 12.3 Å². The van der Waals surface area contributed by atoms with Gasteiger partial charge in [0.05, 0.1) is 0 Å². The highest BCUT2D eigenvalue weighted by atomic mass is 16.5. The van der Waals surface area contributed by atoms with Crippen LogP contribution in [-0.2, 0) is 6.42 Å². The van der Waals surface area contributed by atoms with Gasteiger partial charge < -0.3 is 15.6 Å². The standard InChI is InChI=1S/C11H13N5O2/c1-7-15-10(18-16-7)3-5-14-11(17)8-2-4-13-9(12)6-8/h2,4,6H,3,5H2,1H3,(H2,12,13)(H,14,17). The second-order valence-electron chi connectivity index (χ2n) is 3.71. The lowest BCUT2D eigenvalue weighted by Crippen LogP contribution is -2.25. The van der Waals surface area contributed by atoms with E-state index in [0.29, 0.717) is 36.1 Å². The van der Waals surface area contributed by atoms with E-state index in [1.54, 1.807) is 13.0 Å². The van der Waals surface area contributed by atoms with Crippen molar-refractivity contribution < 1.29 is 9.32 Å². The van der Waals surface area contributed by atoms with Crippen LogP contribution >= 0.6 is 0 Å². The molecular weight excluding hydrogens is 234 g/mol. The van der Waals surface area contributed by atoms with Gasteiger partial charge in [0.1, 0.15) is 5.82 Å². The molecule has 0 aliphatic heterocycles. The lowest BCUT2D eigenvalue weighted by atomic mass is 10.2. The molecule has 0 unspecified atom stereocenters. The molecule has 0 spiro atoms. The lowest BCUT2D eigenvalue weighted by molar-refractivity contribution is 0.0953. The molecule has 0 bridgehead atoms. The molecule has 7 nitrogen and oxygen atoms in total. The SMILES string of the molecule is Cc1noc(CCNC(=O)c2ccnc(N)c2)n1. The molecular formula is C11H13N5O2. The largest absolute Gasteiger partial charge is 0.384 e. The molecule has 3 N–H and O–H groups in total. The Morgan fingerprint density at radius 1 is 1.56 bits per heavy atom. The van der Waals surface area contributed by atoms with Crippen molar-refractivity contribution in [2.75, 3.05) is 12.3 Å². The Bertz CT molecular complexity index is 552. The second kappa shape index (κ2) is 5.26. The summed E-state index contributed by atoms with van der Waals surface area (Å²) in [6.07, 6.45) is 1.98. The highest BCUT2D eigenvalue weighted by Gasteiger charge is 2.07. The van der Waals surface area contributed by atoms with Gasteiger partial charge in [-0.2, -0.15) is 4.98 Å². The number of nitrogens with one attached hydrogen (secondary N) is 1. The molecule has 7 heteroatoms. The van der Waals surface area contributed by atoms with Crippen LogP contribution in [0.2, 0.25) is 0 Å². The topological polar surface area (TPSA) is 107 Å². The van der Waals surface area contributed by atoms with Gasteiger partial charge in [-0.05, 0) is 19.1 Å². The maximum absolute atomic E-state index is 11.7. The molecule has 2 heterocycles. The quantitative estimate of drug-likeness (QED) is 0.806. The van der Waals surface area contributed by atoms with E-state index in [4.69, 9.17) is 10.3 Å². The van der Waals surface area contributed by atoms with Crippen LogP contribution < -0.4 is 11.1 Å². The van der Waals surface area contributed by atoms with Crippen molar-refractivity contribution in [3.63, 3.8) is 0 Å². The van der Waals surface area contributed by atoms with Gasteiger partial charge in [-0.15, -0.1) is 0 Å². The van der Waals surface area contributed by atoms with E-state index in [-0.39, 0.29) is 5.91 Å². The zero-order valence-electron chi connectivity index (χ0n) is 9.88. The third-order valence-corrected chi connectivity index (χ3v) is 2.24. The predicted octanol–water partition coefficient (Wildman–Crippen LogP) is 0.328. The number of pyridine rings is 1. The maximum atomic E-state index is 11.7. The van der Waals surface area contributed by atoms with E-state index >= 15 is 0 Å². The first-order chi connectivity index (χ1) is 8.65. The van der Waals surface area contributed by atoms with Crippen molar-refractivity contribution in [2.45, 2.75) is 13.3 Å². The summed E-state index contributed by atoms with van der Waals surface area (Å²) in [6.45, 7) is 2.16. The number of aryl methyl sites for hydroxylation is 1. The molecule has 0 radical (unpaired) electrons. The molecule has 2 aromatic rings. The smallest absolute Gasteiger partial charge is 0.251 e. The van der Waals surface area contributed by atoms with Gasteiger partial charge in [0, 0.05) is 24.7 Å². The normalized spacial score (nSPS) is 10.3. The number of anilines is 1. The van der Waals surface area contributed by atoms with Crippen LogP contribution in [0.15, 0.2) is 22.9 Å². The minimum Gasteiger partial charge on any atom is -0.384 e. The molecule has 0 atom stereocenters. The molecule has 0 saturated heterocycles. The number of aromatic nitrogens is 3. The number of carbonyl (C=O) groups excluding carboxylic acids is 1. The zero-order chi connectivity index (χ0) is 13.0. The fourth-order valence-corrected chi connectivity index (χ4v) is 1.42. The Kier molecular flexibility index (Phi) is 3.52. The summed E-state index contributed by atoms with van der Waals surface area (Å²) in [4.78, 5) is 19.6. The molecule has 0 aliphatic carbocycles. The fourth-order valence-electron chi connectivity index (χ4n) is 1.42. The summed E-state index contributed by atoms with van der Waals surface area (Å²) in [6, 6.07) is 3.12. The minimum absolute atomic E-state index is 0.208. The van der Waals surface area contributed by atoms with Crippen molar-refractivity contribution in [2.24, 2.45) is 0 Å². The summed E-state index contributed by atoms with van der Waals surface area (Å²) < 4.78 is 4.93. The van der Waals surface area contributed by atoms with Gasteiger partial charge in [-0.3, -0.25) is 4.79 Å². The van der Waals surface area contributed by atoms with Crippen LogP contribution in [0.4, 0.5) is 5.82 Å². The number of rotatable bonds is 4. The lowest BCUT2D eigenvalue weighted by Gasteiger charge is -2.03. The van der Waals surface area contributed by atoms with Crippen molar-refractivity contribution in [1.82, 2.24) is 20.4 Å². The minimum atomic E-state index is -0.208. The van der Waals surface area contributed by atoms with Crippen molar-refractivity contribution >= 4 is 11.7 Å². The Morgan fingerprint density at radius 2 is 2.39 bits per heavy atom. The average Bonchev–Trinajstić information content (AvgIpc) is 2.75. The Hall–Kier alpha value is -2.44. The summed E-state index contributed by atoms with van der Waals surface area (Å²) in [5.41, 5.74) is 5.97. The molecule has 2 rings (SSSR count). The Labute approximate surface area is 103 Å². The highest BCUT2D eigenvalue weighted by molar-refractivity contribution is 5.94. The summed E-state index contributed by atoms with van der Waals surface area (Å²) in [5, 5.41) is 6.39. The van der Waals surface area contributed by atoms with Gasteiger partial charge in [0.2, 0.25) is 5.89 Å². The molecule has 0 aliphatic rings. The van der Waals surface area contributed by atoms with E-state index < -0.39 is 0 Å². The third kappa shape index (κ3) is 3.03. The van der Waals surface area contributed by atoms with Gasteiger partial charge in [0.25, 0.3) is 5.91 Å². The Morgan fingerprint density at radius 3 is 3.06 bits per heavy atom. The molecule has 2 aromatic heterocycles. The van der Waals surface area contributed by atoms with E-state index in [2.05, 4.69) is 20.4 Å². The third-order valence-electron chi connectivity index (χ3n) is 2.24. The second-order valence-corrected chi connectivity index (χ2v) is 3.71. The number of amides is 1. The molecule has 0 saturated carbocycles. The van der Waals surface area contributed by atoms with Crippen LogP contribution in [0, 0.1) is 6.92 Å². The van der Waals surface area contributed by atoms with Gasteiger partial charge in [-0.25, -0.2) is 4.98 Å². The van der Waals surface area contributed by atoms with E-state index in [1.807, 2.05) is 0 Å². The predicted molar refractivity (Wildman–Crippen MR) is 63.7 cm³/mol. The van der Waals surface area contributed by atoms with Crippen LogP contribution in [0.25, 0.3) is 0 Å². The van der Waals surface area contributed by atoms with Crippen LogP contribution in [-0.4, -0.2) is 27.6 Å². The van der Waals surface area contributed by atoms with E-state index in [9.17, 15) is 4.79 Å². The number of nitrogen functional groups attached to an aromatic ring is 1. The monoisotopic (exact) mass is 247 g/mol. The molecule has 1 amide bonds. The van der Waals surface area contributed by atoms with Crippen LogP contribution in [0.5, 0.6) is 0 Å². The number of nitrogens with zero attached hydrogens (tertiary/aromatic N) is 3. The first kappa shape index (κ1) is 12.0. The van der Waals surface area contributed by atoms with Crippen molar-refractivity contribution in [3.8, 4) is 0 Å². The van der Waals surface area contributed by atoms with Crippen LogP contribution in [0.3, 0.4) is 0 Å². The molecule has 0 aromatic carbocycles. The Balaban J connectivity index is 1.85. The number of hydrogen-bond donors (Lipinski definition) is 2. The number of carbonyl (C=O) groups is 1. The molecule has 94 valence electrons. The zero-order valence-corrected chi connectivity index (χ0v) is 9.88. The van der Waals surface area contributed by atoms with Crippen LogP contribution in [0.1, 0.15) is 22.1 Å². The molecule has 0 fully saturated rings. The van der Waals surface area contributed by atoms with Crippen molar-refractivity contribution in [3.05, 3.63) is 35.6 Å². The van der Waals surface area contributed by atoms with Gasteiger partial charge in [-0.1, -0.05) is 5.16 Å². The van der Waals surface area contributed by atoms with Gasteiger partial charge >= 0.3 is 0 Å². The van der Waals surface area contributed by atoms with Crippen molar-refractivity contribution in [1.29, 1.82) is 0 Å². The molecule has 18 heavy (non-hydrogen) atoms. The summed E-state index contributed by atoms with van der Waals surface area (Å²) in [7, 11) is 0. The van der Waals surface area contributed by atoms with Gasteiger partial charge in [0.15, 0.2) is 5.82 Å². The van der Waals surface area contributed by atoms with E-state index in [0.717, 1.165) is 0 Å². The summed E-state index contributed by atoms with van der Waals surface area (Å²) >= 11 is 0. The first-order valence-electron chi connectivity index (χ1n) is 5.44. The highest BCUT2D eigenvalue weighted by Crippen LogP contribution is 2.02. The maximum Gasteiger partial charge on any atom is 0.251 e. The average molecular weight is 247 g/mol. The fraction of sp³-hybridized carbons (Fsp3) is 0.273. The number of hydrogen-bond acceptors (Lipinski definition) is 6. The first-order valence-corrected chi connectivity index (χ1v) is 5.44.